The largest absolute Gasteiger partial charge is 0.416 e. The lowest BCUT2D eigenvalue weighted by molar-refractivity contribution is -0.113. The van der Waals surface area contributed by atoms with Crippen LogP contribution in [0.5, 0.6) is 0 Å². The Morgan fingerprint density at radius 3 is 2.59 bits per heavy atom. The Morgan fingerprint density at radius 2 is 1.96 bits per heavy atom. The van der Waals surface area contributed by atoms with E-state index >= 15 is 0 Å². The van der Waals surface area contributed by atoms with Crippen molar-refractivity contribution in [3.8, 4) is 0 Å². The van der Waals surface area contributed by atoms with E-state index in [1.807, 2.05) is 32.9 Å². The van der Waals surface area contributed by atoms with Gasteiger partial charge in [-0.2, -0.15) is 0 Å². The molecule has 2 aromatic rings. The molecule has 1 N–H and O–H groups in total. The molecule has 1 fully saturated rings. The van der Waals surface area contributed by atoms with E-state index in [1.165, 1.54) is 11.8 Å². The maximum atomic E-state index is 12.2. The van der Waals surface area contributed by atoms with Crippen LogP contribution in [0.1, 0.15) is 29.0 Å². The van der Waals surface area contributed by atoms with Crippen LogP contribution < -0.4 is 5.32 Å². The lowest BCUT2D eigenvalue weighted by Gasteiger charge is -2.12. The van der Waals surface area contributed by atoms with E-state index in [2.05, 4.69) is 15.5 Å². The number of rotatable bonds is 6. The maximum absolute atomic E-state index is 12.2. The van der Waals surface area contributed by atoms with Gasteiger partial charge in [0.05, 0.1) is 17.3 Å². The molecular formula is C18H23N3O4S2. The molecule has 0 radical (unpaired) electrons. The van der Waals surface area contributed by atoms with Gasteiger partial charge in [-0.25, -0.2) is 8.42 Å². The number of nitrogens with one attached hydrogen (secondary N) is 1. The lowest BCUT2D eigenvalue weighted by Crippen LogP contribution is -2.15. The molecule has 0 aliphatic carbocycles. The number of anilines is 1. The molecule has 0 saturated carbocycles. The highest BCUT2D eigenvalue weighted by atomic mass is 32.2. The second kappa shape index (κ2) is 8.02. The number of aromatic nitrogens is 2. The first-order valence-corrected chi connectivity index (χ1v) is 11.6. The smallest absolute Gasteiger partial charge is 0.277 e. The molecule has 9 heteroatoms. The van der Waals surface area contributed by atoms with Crippen LogP contribution >= 0.6 is 11.8 Å². The predicted octanol–water partition coefficient (Wildman–Crippen LogP) is 2.70. The van der Waals surface area contributed by atoms with Gasteiger partial charge in [-0.15, -0.1) is 10.2 Å². The van der Waals surface area contributed by atoms with Crippen LogP contribution in [0.15, 0.2) is 21.8 Å². The van der Waals surface area contributed by atoms with Crippen molar-refractivity contribution in [1.82, 2.24) is 10.2 Å². The summed E-state index contributed by atoms with van der Waals surface area (Å²) >= 11 is 1.17. The van der Waals surface area contributed by atoms with Crippen molar-refractivity contribution in [1.29, 1.82) is 0 Å². The molecule has 1 amide bonds. The van der Waals surface area contributed by atoms with Gasteiger partial charge >= 0.3 is 0 Å². The molecule has 0 bridgehead atoms. The lowest BCUT2D eigenvalue weighted by atomic mass is 10.1. The zero-order valence-electron chi connectivity index (χ0n) is 15.6. The predicted molar refractivity (Wildman–Crippen MR) is 105 cm³/mol. The number of thioether (sulfide) groups is 1. The van der Waals surface area contributed by atoms with Crippen LogP contribution in [0.3, 0.4) is 0 Å². The SMILES string of the molecule is Cc1cc(C)c(NC(=O)CSc2nnc(C[C@@H]3CCS(=O)(=O)C3)o2)c(C)c1. The van der Waals surface area contributed by atoms with Crippen LogP contribution in [0, 0.1) is 26.7 Å². The average molecular weight is 410 g/mol. The molecule has 0 unspecified atom stereocenters. The highest BCUT2D eigenvalue weighted by molar-refractivity contribution is 7.99. The Labute approximate surface area is 163 Å². The van der Waals surface area contributed by atoms with Gasteiger partial charge < -0.3 is 9.73 Å². The summed E-state index contributed by atoms with van der Waals surface area (Å²) < 4.78 is 28.6. The number of hydrogen-bond donors (Lipinski definition) is 1. The fourth-order valence-corrected chi connectivity index (χ4v) is 5.78. The van der Waals surface area contributed by atoms with Crippen LogP contribution in [0.25, 0.3) is 0 Å². The molecule has 1 aromatic carbocycles. The molecule has 146 valence electrons. The molecule has 1 aromatic heterocycles. The number of sulfone groups is 1. The number of aryl methyl sites for hydroxylation is 3. The number of carbonyl (C=O) groups is 1. The Hall–Kier alpha value is -1.87. The van der Waals surface area contributed by atoms with Gasteiger partial charge in [-0.05, 0) is 44.2 Å². The van der Waals surface area contributed by atoms with Gasteiger partial charge in [0.2, 0.25) is 11.8 Å². The number of carbonyl (C=O) groups excluding carboxylic acids is 1. The van der Waals surface area contributed by atoms with Crippen molar-refractivity contribution >= 4 is 33.2 Å². The Kier molecular flexibility index (Phi) is 5.90. The third-order valence-electron chi connectivity index (χ3n) is 4.51. The molecule has 3 rings (SSSR count). The molecule has 1 saturated heterocycles. The molecule has 1 atom stereocenters. The van der Waals surface area contributed by atoms with Crippen molar-refractivity contribution in [2.24, 2.45) is 5.92 Å². The van der Waals surface area contributed by atoms with E-state index in [0.717, 1.165) is 22.4 Å². The molecule has 0 spiro atoms. The summed E-state index contributed by atoms with van der Waals surface area (Å²) in [5.41, 5.74) is 4.04. The summed E-state index contributed by atoms with van der Waals surface area (Å²) in [5.74, 6) is 0.874. The van der Waals surface area contributed by atoms with E-state index in [0.29, 0.717) is 24.0 Å². The highest BCUT2D eigenvalue weighted by Crippen LogP contribution is 2.25. The Morgan fingerprint density at radius 1 is 1.26 bits per heavy atom. The van der Waals surface area contributed by atoms with Gasteiger partial charge in [0.25, 0.3) is 5.22 Å². The quantitative estimate of drug-likeness (QED) is 0.732. The topological polar surface area (TPSA) is 102 Å². The molecule has 2 heterocycles. The number of nitrogens with zero attached hydrogens (tertiary/aromatic N) is 2. The van der Waals surface area contributed by atoms with Crippen LogP contribution in [0.4, 0.5) is 5.69 Å². The number of hydrogen-bond acceptors (Lipinski definition) is 7. The summed E-state index contributed by atoms with van der Waals surface area (Å²) in [4.78, 5) is 12.2. The fourth-order valence-electron chi connectivity index (χ4n) is 3.34. The zero-order valence-corrected chi connectivity index (χ0v) is 17.2. The summed E-state index contributed by atoms with van der Waals surface area (Å²) in [6.07, 6.45) is 1.09. The summed E-state index contributed by atoms with van der Waals surface area (Å²) in [7, 11) is -2.92. The maximum Gasteiger partial charge on any atom is 0.277 e. The van der Waals surface area contributed by atoms with E-state index < -0.39 is 9.84 Å². The van der Waals surface area contributed by atoms with Crippen molar-refractivity contribution in [3.63, 3.8) is 0 Å². The minimum atomic E-state index is -2.92. The van der Waals surface area contributed by atoms with Gasteiger partial charge in [0, 0.05) is 12.1 Å². The van der Waals surface area contributed by atoms with Crippen LogP contribution in [0.2, 0.25) is 0 Å². The summed E-state index contributed by atoms with van der Waals surface area (Å²) in [6, 6.07) is 4.06. The first-order valence-electron chi connectivity index (χ1n) is 8.75. The summed E-state index contributed by atoms with van der Waals surface area (Å²) in [5, 5.41) is 11.2. The first kappa shape index (κ1) is 19.9. The van der Waals surface area contributed by atoms with Gasteiger partial charge in [0.1, 0.15) is 0 Å². The monoisotopic (exact) mass is 409 g/mol. The number of amides is 1. The van der Waals surface area contributed by atoms with Gasteiger partial charge in [-0.1, -0.05) is 29.5 Å². The number of benzene rings is 1. The van der Waals surface area contributed by atoms with Crippen molar-refractivity contribution in [2.75, 3.05) is 22.6 Å². The Balaban J connectivity index is 1.52. The minimum absolute atomic E-state index is 0.0316. The highest BCUT2D eigenvalue weighted by Gasteiger charge is 2.29. The normalized spacial score (nSPS) is 18.6. The van der Waals surface area contributed by atoms with E-state index in [4.69, 9.17) is 4.42 Å². The van der Waals surface area contributed by atoms with E-state index in [-0.39, 0.29) is 29.1 Å². The third kappa shape index (κ3) is 5.32. The van der Waals surface area contributed by atoms with Gasteiger partial charge in [0.15, 0.2) is 9.84 Å². The van der Waals surface area contributed by atoms with Gasteiger partial charge in [-0.3, -0.25) is 4.79 Å². The van der Waals surface area contributed by atoms with E-state index in [9.17, 15) is 13.2 Å². The zero-order chi connectivity index (χ0) is 19.6. The van der Waals surface area contributed by atoms with Crippen LogP contribution in [-0.4, -0.2) is 41.8 Å². The van der Waals surface area contributed by atoms with Crippen molar-refractivity contribution < 1.29 is 17.6 Å². The molecule has 1 aliphatic heterocycles. The fraction of sp³-hybridized carbons (Fsp3) is 0.500. The second-order valence-corrected chi connectivity index (χ2v) is 10.2. The Bertz CT molecular complexity index is 930. The molecule has 7 nitrogen and oxygen atoms in total. The first-order chi connectivity index (χ1) is 12.7. The van der Waals surface area contributed by atoms with Crippen LogP contribution in [-0.2, 0) is 21.1 Å². The van der Waals surface area contributed by atoms with Crippen molar-refractivity contribution in [3.05, 3.63) is 34.7 Å². The minimum Gasteiger partial charge on any atom is -0.416 e. The van der Waals surface area contributed by atoms with E-state index in [1.54, 1.807) is 0 Å². The molecule has 27 heavy (non-hydrogen) atoms. The van der Waals surface area contributed by atoms with Crippen molar-refractivity contribution in [2.45, 2.75) is 38.8 Å². The summed E-state index contributed by atoms with van der Waals surface area (Å²) in [6.45, 7) is 5.96. The molecule has 1 aliphatic rings. The molecular weight excluding hydrogens is 386 g/mol. The average Bonchev–Trinajstić information content (AvgIpc) is 3.15. The third-order valence-corrected chi connectivity index (χ3v) is 7.16. The standard InChI is InChI=1S/C18H23N3O4S2/c1-11-6-12(2)17(13(3)7-11)19-15(22)9-26-18-21-20-16(25-18)8-14-4-5-27(23,24)10-14/h6-7,14H,4-5,8-10H2,1-3H3,(H,19,22)/t14-/m0/s1. The second-order valence-electron chi connectivity index (χ2n) is 7.05.